The van der Waals surface area contributed by atoms with Crippen molar-refractivity contribution in [2.75, 3.05) is 115 Å². The molecule has 4 saturated heterocycles. The summed E-state index contributed by atoms with van der Waals surface area (Å²) >= 11 is 0. The van der Waals surface area contributed by atoms with Crippen LogP contribution < -0.4 is 26.0 Å². The molecule has 25 heteroatoms. The molecule has 1 atom stereocenters. The van der Waals surface area contributed by atoms with E-state index >= 15 is 0 Å². The van der Waals surface area contributed by atoms with E-state index in [1.807, 2.05) is 78.0 Å². The van der Waals surface area contributed by atoms with Crippen LogP contribution in [0.1, 0.15) is 99.8 Å². The number of benzene rings is 1. The number of allylic oxidation sites excluding steroid dienone is 3. The Balaban J connectivity index is 0.000000480. The number of aromatic nitrogens is 2. The van der Waals surface area contributed by atoms with E-state index in [0.717, 1.165) is 74.8 Å². The second-order valence-corrected chi connectivity index (χ2v) is 22.0. The van der Waals surface area contributed by atoms with Crippen molar-refractivity contribution in [3.63, 3.8) is 0 Å². The number of primary amides is 2. The van der Waals surface area contributed by atoms with Crippen LogP contribution in [0.3, 0.4) is 0 Å². The first-order valence-electron chi connectivity index (χ1n) is 26.9. The molecular formula is C53H86F4N10O9S2. The van der Waals surface area contributed by atoms with Crippen molar-refractivity contribution >= 4 is 50.9 Å². The zero-order chi connectivity index (χ0) is 58.4. The number of piperidine rings is 2. The van der Waals surface area contributed by atoms with Crippen LogP contribution in [0.25, 0.3) is 0 Å². The van der Waals surface area contributed by atoms with Gasteiger partial charge in [-0.2, -0.15) is 17.5 Å². The maximum atomic E-state index is 13.7. The van der Waals surface area contributed by atoms with Crippen molar-refractivity contribution in [2.24, 2.45) is 11.5 Å². The van der Waals surface area contributed by atoms with Gasteiger partial charge < -0.3 is 45.3 Å². The van der Waals surface area contributed by atoms with Crippen LogP contribution in [-0.2, 0) is 40.1 Å². The number of carbonyl (C=O) groups excluding carboxylic acids is 3. The molecule has 0 aliphatic carbocycles. The standard InChI is InChI=1S/C26H38F3N5O2S.C22H33FN4O6S.2C2H6.CH3NO/c1-4-23(8-7-22(3)36-20-6-9-26(27,28)29)32-16-18-34(19-17-32)37(35)25(5-2)10-14-33(15-11-25)24-21-30-12-13-31-24;1-2-16-32-19-5-3-18(4-6-19)25-12-14-27(15-13-25)34(30,31)22(20(24)28)7-10-26(11-8-22)21(29)33-17-9-23;2*1-2;2-1-3/h4,7-8,12-13,21H,3,5-6,9-11,14-20H2,1-2H3;3-6H,2,7-17H2,1H3,(H2,24,28);2*1-2H3;1H,(H2,2,3)/b8-7-,23-4+;;;;. The summed E-state index contributed by atoms with van der Waals surface area (Å²) in [4.78, 5) is 49.3. The lowest BCUT2D eigenvalue weighted by Gasteiger charge is -2.45. The minimum atomic E-state index is -4.17. The van der Waals surface area contributed by atoms with Crippen LogP contribution in [-0.4, -0.2) is 180 Å². The van der Waals surface area contributed by atoms with Gasteiger partial charge in [0.25, 0.3) is 0 Å². The number of sulfonamides is 1. The Kier molecular flexibility index (Phi) is 30.9. The average molecular weight is 1150 g/mol. The summed E-state index contributed by atoms with van der Waals surface area (Å²) < 4.78 is 107. The van der Waals surface area contributed by atoms with Gasteiger partial charge in [0, 0.05) is 109 Å². The number of ether oxygens (including phenoxy) is 3. The summed E-state index contributed by atoms with van der Waals surface area (Å²) in [6, 6.07) is 7.67. The lowest BCUT2D eigenvalue weighted by molar-refractivity contribution is -0.137. The molecule has 0 radical (unpaired) electrons. The van der Waals surface area contributed by atoms with Gasteiger partial charge in [-0.05, 0) is 88.3 Å². The monoisotopic (exact) mass is 1150 g/mol. The number of amides is 3. The lowest BCUT2D eigenvalue weighted by atomic mass is 9.93. The summed E-state index contributed by atoms with van der Waals surface area (Å²) in [5, 5.41) is 0. The van der Waals surface area contributed by atoms with Gasteiger partial charge in [0.05, 0.1) is 24.2 Å². The molecule has 4 fully saturated rings. The normalized spacial score (nSPS) is 18.2. The zero-order valence-corrected chi connectivity index (χ0v) is 48.4. The highest BCUT2D eigenvalue weighted by Gasteiger charge is 2.54. The van der Waals surface area contributed by atoms with E-state index in [1.165, 1.54) is 9.21 Å². The molecule has 4 aliphatic heterocycles. The Morgan fingerprint density at radius 1 is 0.821 bits per heavy atom. The van der Waals surface area contributed by atoms with E-state index in [2.05, 4.69) is 48.2 Å². The number of likely N-dealkylation sites (tertiary alicyclic amines) is 1. The molecular weight excluding hydrogens is 1060 g/mol. The number of nitrogens with zero attached hydrogens (tertiary/aromatic N) is 8. The van der Waals surface area contributed by atoms with E-state index in [0.29, 0.717) is 38.5 Å². The van der Waals surface area contributed by atoms with Crippen molar-refractivity contribution in [2.45, 2.75) is 116 Å². The smallest absolute Gasteiger partial charge is 0.409 e. The summed E-state index contributed by atoms with van der Waals surface area (Å²) in [5.41, 5.74) is 11.7. The molecule has 1 unspecified atom stereocenters. The van der Waals surface area contributed by atoms with E-state index < -0.39 is 57.0 Å². The van der Waals surface area contributed by atoms with Gasteiger partial charge in [-0.3, -0.25) is 14.6 Å². The summed E-state index contributed by atoms with van der Waals surface area (Å²) in [7, 11) is -5.14. The van der Waals surface area contributed by atoms with E-state index in [-0.39, 0.29) is 69.8 Å². The van der Waals surface area contributed by atoms with Crippen LogP contribution in [0.4, 0.5) is 33.9 Å². The summed E-state index contributed by atoms with van der Waals surface area (Å²) in [6.07, 6.45) is 8.29. The Hall–Kier alpha value is -5.53. The van der Waals surface area contributed by atoms with Crippen LogP contribution in [0.5, 0.6) is 5.75 Å². The second kappa shape index (κ2) is 35.2. The Morgan fingerprint density at radius 2 is 1.42 bits per heavy atom. The highest BCUT2D eigenvalue weighted by atomic mass is 32.2. The minimum Gasteiger partial charge on any atom is -0.494 e. The van der Waals surface area contributed by atoms with E-state index in [1.54, 1.807) is 24.7 Å². The largest absolute Gasteiger partial charge is 0.494 e. The van der Waals surface area contributed by atoms with Gasteiger partial charge in [0.15, 0.2) is 4.75 Å². The van der Waals surface area contributed by atoms with Gasteiger partial charge in [0.1, 0.15) is 41.6 Å². The van der Waals surface area contributed by atoms with Gasteiger partial charge >= 0.3 is 12.3 Å². The second-order valence-electron chi connectivity index (χ2n) is 17.9. The number of hydrogen-bond acceptors (Lipinski definition) is 14. The molecule has 3 amide bonds. The quantitative estimate of drug-likeness (QED) is 0.0435. The van der Waals surface area contributed by atoms with Gasteiger partial charge in [0.2, 0.25) is 22.3 Å². The van der Waals surface area contributed by atoms with Crippen LogP contribution in [0, 0.1) is 0 Å². The van der Waals surface area contributed by atoms with E-state index in [9.17, 15) is 39.8 Å². The van der Waals surface area contributed by atoms with Gasteiger partial charge in [-0.1, -0.05) is 54.2 Å². The third-order valence-electron chi connectivity index (χ3n) is 13.4. The Labute approximate surface area is 463 Å². The fraction of sp³-hybridized carbons (Fsp3) is 0.642. The fourth-order valence-corrected chi connectivity index (χ4v) is 12.9. The highest BCUT2D eigenvalue weighted by Crippen LogP contribution is 2.37. The molecule has 19 nitrogen and oxygen atoms in total. The summed E-state index contributed by atoms with van der Waals surface area (Å²) in [6.45, 7) is 23.2. The zero-order valence-electron chi connectivity index (χ0n) is 46.8. The van der Waals surface area contributed by atoms with Crippen molar-refractivity contribution < 1.29 is 58.8 Å². The molecule has 5 heterocycles. The lowest BCUT2D eigenvalue weighted by Crippen LogP contribution is -2.63. The molecule has 1 aromatic carbocycles. The third-order valence-corrected chi connectivity index (χ3v) is 18.3. The van der Waals surface area contributed by atoms with E-state index in [4.69, 9.17) is 24.7 Å². The number of halogens is 4. The first-order valence-corrected chi connectivity index (χ1v) is 29.4. The predicted octanol–water partition coefficient (Wildman–Crippen LogP) is 7.35. The Morgan fingerprint density at radius 3 is 1.92 bits per heavy atom. The maximum Gasteiger partial charge on any atom is 0.409 e. The minimum absolute atomic E-state index is 0.0142. The SMILES string of the molecule is C=C(/C=C\C(=C/C)N1CCN(S(=O)C2(CC)CCN(c3cnccn3)CC2)CC1)OCCCC(F)(F)F.CC.CC.CCCOc1ccc(N2CCN(S(=O)(=O)C3(C(N)=O)CCN(C(=O)OCCF)CC3)CC2)cc1.NC=O. The molecule has 2 aromatic rings. The predicted molar refractivity (Wildman–Crippen MR) is 299 cm³/mol. The first-order chi connectivity index (χ1) is 37.3. The molecule has 1 aromatic heterocycles. The molecule has 0 bridgehead atoms. The summed E-state index contributed by atoms with van der Waals surface area (Å²) in [5.74, 6) is 1.07. The fourth-order valence-electron chi connectivity index (χ4n) is 9.03. The van der Waals surface area contributed by atoms with Crippen molar-refractivity contribution in [1.82, 2.24) is 28.4 Å². The molecule has 4 aliphatic rings. The van der Waals surface area contributed by atoms with Crippen molar-refractivity contribution in [3.05, 3.63) is 79.1 Å². The maximum absolute atomic E-state index is 13.7. The van der Waals surface area contributed by atoms with Gasteiger partial charge in [-0.25, -0.2) is 31.1 Å². The third kappa shape index (κ3) is 20.3. The highest BCUT2D eigenvalue weighted by molar-refractivity contribution is 7.91. The Bertz CT molecular complexity index is 2270. The number of rotatable bonds is 20. The van der Waals surface area contributed by atoms with Crippen LogP contribution in [0.2, 0.25) is 0 Å². The average Bonchev–Trinajstić information content (AvgIpc) is 3.55. The topological polar surface area (TPSA) is 227 Å². The van der Waals surface area contributed by atoms with Crippen LogP contribution >= 0.6 is 0 Å². The number of nitrogens with two attached hydrogens (primary N) is 2. The number of carbonyl (C=O) groups is 3. The molecule has 0 saturated carbocycles. The van der Waals surface area contributed by atoms with Gasteiger partial charge in [-0.15, -0.1) is 0 Å². The molecule has 6 rings (SSSR count). The molecule has 0 spiro atoms. The first kappa shape index (κ1) is 68.6. The van der Waals surface area contributed by atoms with Crippen LogP contribution in [0.15, 0.2) is 79.1 Å². The number of hydrogen-bond donors (Lipinski definition) is 2. The molecule has 78 heavy (non-hydrogen) atoms. The number of alkyl halides is 4. The van der Waals surface area contributed by atoms with Crippen molar-refractivity contribution in [3.8, 4) is 5.75 Å². The molecule has 442 valence electrons. The number of anilines is 2. The van der Waals surface area contributed by atoms with Crippen molar-refractivity contribution in [1.29, 1.82) is 0 Å². The number of piperazine rings is 2. The molecule has 4 N–H and O–H groups in total.